The van der Waals surface area contributed by atoms with Crippen LogP contribution in [0.15, 0.2) is 22.7 Å². The molecule has 1 amide bonds. The number of carbonyl (C=O) groups is 1. The van der Waals surface area contributed by atoms with Crippen molar-refractivity contribution in [2.24, 2.45) is 5.92 Å². The molecule has 0 radical (unpaired) electrons. The molecular formula is C15H16BrN3OS. The molecule has 1 saturated heterocycles. The molecule has 4 rings (SSSR count). The predicted molar refractivity (Wildman–Crippen MR) is 88.8 cm³/mol. The second kappa shape index (κ2) is 5.25. The van der Waals surface area contributed by atoms with Crippen LogP contribution in [-0.2, 0) is 4.79 Å². The van der Waals surface area contributed by atoms with Crippen molar-refractivity contribution in [3.63, 3.8) is 0 Å². The number of fused-ring (bicyclic) bond motifs is 1. The van der Waals surface area contributed by atoms with Gasteiger partial charge in [0.15, 0.2) is 5.13 Å². The monoisotopic (exact) mass is 365 g/mol. The van der Waals surface area contributed by atoms with E-state index in [2.05, 4.69) is 26.9 Å². The minimum atomic E-state index is 0.330. The molecule has 4 nitrogen and oxygen atoms in total. The van der Waals surface area contributed by atoms with Crippen LogP contribution in [0.4, 0.5) is 5.13 Å². The van der Waals surface area contributed by atoms with Gasteiger partial charge in [-0.1, -0.05) is 27.3 Å². The van der Waals surface area contributed by atoms with Gasteiger partial charge in [0.25, 0.3) is 0 Å². The second-order valence-corrected chi connectivity index (χ2v) is 7.62. The first-order chi connectivity index (χ1) is 10.2. The van der Waals surface area contributed by atoms with E-state index in [4.69, 9.17) is 4.98 Å². The van der Waals surface area contributed by atoms with E-state index in [9.17, 15) is 4.79 Å². The summed E-state index contributed by atoms with van der Waals surface area (Å²) in [4.78, 5) is 21.1. The minimum absolute atomic E-state index is 0.330. The van der Waals surface area contributed by atoms with Gasteiger partial charge in [-0.15, -0.1) is 0 Å². The molecule has 1 aliphatic heterocycles. The maximum Gasteiger partial charge on any atom is 0.225 e. The first kappa shape index (κ1) is 13.5. The molecule has 0 unspecified atom stereocenters. The second-order valence-electron chi connectivity index (χ2n) is 5.70. The van der Waals surface area contributed by atoms with Gasteiger partial charge in [-0.3, -0.25) is 4.79 Å². The highest BCUT2D eigenvalue weighted by atomic mass is 79.9. The average Bonchev–Trinajstić information content (AvgIpc) is 3.26. The number of rotatable bonds is 2. The van der Waals surface area contributed by atoms with Crippen molar-refractivity contribution >= 4 is 48.5 Å². The zero-order chi connectivity index (χ0) is 14.4. The van der Waals surface area contributed by atoms with Crippen LogP contribution in [0.2, 0.25) is 0 Å². The molecule has 2 aromatic rings. The van der Waals surface area contributed by atoms with E-state index in [0.717, 1.165) is 54.1 Å². The van der Waals surface area contributed by atoms with Crippen molar-refractivity contribution in [3.05, 3.63) is 22.7 Å². The zero-order valence-electron chi connectivity index (χ0n) is 11.6. The molecule has 0 atom stereocenters. The number of thiazole rings is 1. The summed E-state index contributed by atoms with van der Waals surface area (Å²) in [7, 11) is 0. The molecule has 0 N–H and O–H groups in total. The lowest BCUT2D eigenvalue weighted by Crippen LogP contribution is -2.49. The molecule has 1 aliphatic carbocycles. The summed E-state index contributed by atoms with van der Waals surface area (Å²) in [6.45, 7) is 3.43. The Morgan fingerprint density at radius 3 is 2.71 bits per heavy atom. The zero-order valence-corrected chi connectivity index (χ0v) is 14.0. The van der Waals surface area contributed by atoms with Crippen LogP contribution < -0.4 is 4.90 Å². The number of amides is 1. The van der Waals surface area contributed by atoms with Gasteiger partial charge in [-0.25, -0.2) is 4.98 Å². The Hall–Kier alpha value is -1.14. The van der Waals surface area contributed by atoms with E-state index in [1.807, 2.05) is 17.0 Å². The maximum absolute atomic E-state index is 12.1. The first-order valence-electron chi connectivity index (χ1n) is 7.30. The molecule has 1 saturated carbocycles. The summed E-state index contributed by atoms with van der Waals surface area (Å²) < 4.78 is 2.29. The van der Waals surface area contributed by atoms with Crippen molar-refractivity contribution in [3.8, 4) is 0 Å². The highest BCUT2D eigenvalue weighted by molar-refractivity contribution is 9.10. The van der Waals surface area contributed by atoms with E-state index in [0.29, 0.717) is 11.8 Å². The Morgan fingerprint density at radius 2 is 2.00 bits per heavy atom. The summed E-state index contributed by atoms with van der Waals surface area (Å²) in [6, 6.07) is 6.19. The SMILES string of the molecule is O=C(C1CC1)N1CCN(c2nc3ccc(Br)cc3s2)CC1. The molecular weight excluding hydrogens is 350 g/mol. The highest BCUT2D eigenvalue weighted by Crippen LogP contribution is 2.33. The number of hydrogen-bond donors (Lipinski definition) is 0. The van der Waals surface area contributed by atoms with Crippen molar-refractivity contribution in [2.45, 2.75) is 12.8 Å². The van der Waals surface area contributed by atoms with Crippen LogP contribution in [-0.4, -0.2) is 42.0 Å². The third kappa shape index (κ3) is 2.66. The largest absolute Gasteiger partial charge is 0.345 e. The standard InChI is InChI=1S/C15H16BrN3OS/c16-11-3-4-12-13(9-11)21-15(17-12)19-7-5-18(6-8-19)14(20)10-1-2-10/h3-4,9-10H,1-2,5-8H2. The fourth-order valence-electron chi connectivity index (χ4n) is 2.73. The molecule has 2 aliphatic rings. The number of aromatic nitrogens is 1. The smallest absolute Gasteiger partial charge is 0.225 e. The number of hydrogen-bond acceptors (Lipinski definition) is 4. The van der Waals surface area contributed by atoms with Gasteiger partial charge < -0.3 is 9.80 Å². The average molecular weight is 366 g/mol. The molecule has 1 aromatic heterocycles. The lowest BCUT2D eigenvalue weighted by Gasteiger charge is -2.34. The normalized spacial score (nSPS) is 19.3. The van der Waals surface area contributed by atoms with E-state index >= 15 is 0 Å². The summed E-state index contributed by atoms with van der Waals surface area (Å²) in [5.74, 6) is 0.694. The molecule has 1 aromatic carbocycles. The summed E-state index contributed by atoms with van der Waals surface area (Å²) in [5, 5.41) is 1.07. The Morgan fingerprint density at radius 1 is 1.24 bits per heavy atom. The number of nitrogens with zero attached hydrogens (tertiary/aromatic N) is 3. The van der Waals surface area contributed by atoms with E-state index in [-0.39, 0.29) is 0 Å². The molecule has 0 spiro atoms. The number of piperazine rings is 1. The Balaban J connectivity index is 1.48. The van der Waals surface area contributed by atoms with Crippen LogP contribution in [0.5, 0.6) is 0 Å². The fourth-order valence-corrected chi connectivity index (χ4v) is 4.30. The van der Waals surface area contributed by atoms with Crippen LogP contribution in [0, 0.1) is 5.92 Å². The molecule has 6 heteroatoms. The van der Waals surface area contributed by atoms with E-state index in [1.165, 1.54) is 4.70 Å². The maximum atomic E-state index is 12.1. The van der Waals surface area contributed by atoms with Gasteiger partial charge in [-0.2, -0.15) is 0 Å². The van der Waals surface area contributed by atoms with Crippen LogP contribution in [0.25, 0.3) is 10.2 Å². The van der Waals surface area contributed by atoms with Gasteiger partial charge in [0.2, 0.25) is 5.91 Å². The molecule has 110 valence electrons. The molecule has 21 heavy (non-hydrogen) atoms. The first-order valence-corrected chi connectivity index (χ1v) is 8.91. The predicted octanol–water partition coefficient (Wildman–Crippen LogP) is 3.12. The minimum Gasteiger partial charge on any atom is -0.345 e. The van der Waals surface area contributed by atoms with E-state index < -0.39 is 0 Å². The van der Waals surface area contributed by atoms with Crippen molar-refractivity contribution < 1.29 is 4.79 Å². The van der Waals surface area contributed by atoms with E-state index in [1.54, 1.807) is 11.3 Å². The van der Waals surface area contributed by atoms with Gasteiger partial charge in [0.05, 0.1) is 10.2 Å². The topological polar surface area (TPSA) is 36.4 Å². The number of anilines is 1. The number of carbonyl (C=O) groups excluding carboxylic acids is 1. The summed E-state index contributed by atoms with van der Waals surface area (Å²) in [5.41, 5.74) is 1.05. The Labute approximate surface area is 135 Å². The lowest BCUT2D eigenvalue weighted by molar-refractivity contribution is -0.132. The molecule has 0 bridgehead atoms. The van der Waals surface area contributed by atoms with Gasteiger partial charge in [0, 0.05) is 36.6 Å². The lowest BCUT2D eigenvalue weighted by atomic mass is 10.3. The molecule has 2 fully saturated rings. The highest BCUT2D eigenvalue weighted by Gasteiger charge is 2.34. The quantitative estimate of drug-likeness (QED) is 0.820. The van der Waals surface area contributed by atoms with Gasteiger partial charge >= 0.3 is 0 Å². The Bertz CT molecular complexity index is 689. The van der Waals surface area contributed by atoms with Crippen molar-refractivity contribution in [2.75, 3.05) is 31.1 Å². The van der Waals surface area contributed by atoms with Crippen LogP contribution in [0.1, 0.15) is 12.8 Å². The number of halogens is 1. The van der Waals surface area contributed by atoms with Crippen LogP contribution >= 0.6 is 27.3 Å². The van der Waals surface area contributed by atoms with Crippen molar-refractivity contribution in [1.82, 2.24) is 9.88 Å². The van der Waals surface area contributed by atoms with Gasteiger partial charge in [-0.05, 0) is 31.0 Å². The van der Waals surface area contributed by atoms with Crippen LogP contribution in [0.3, 0.4) is 0 Å². The fraction of sp³-hybridized carbons (Fsp3) is 0.467. The third-order valence-corrected chi connectivity index (χ3v) is 5.70. The number of benzene rings is 1. The van der Waals surface area contributed by atoms with Crippen molar-refractivity contribution in [1.29, 1.82) is 0 Å². The molecule has 2 heterocycles. The Kier molecular flexibility index (Phi) is 3.38. The third-order valence-electron chi connectivity index (χ3n) is 4.13. The van der Waals surface area contributed by atoms with Gasteiger partial charge in [0.1, 0.15) is 0 Å². The summed E-state index contributed by atoms with van der Waals surface area (Å²) >= 11 is 5.23. The summed E-state index contributed by atoms with van der Waals surface area (Å²) in [6.07, 6.45) is 2.18.